The predicted octanol–water partition coefficient (Wildman–Crippen LogP) is 15.9. The number of pyridine rings is 1. The van der Waals surface area contributed by atoms with E-state index in [9.17, 15) is 5.11 Å². The van der Waals surface area contributed by atoms with E-state index in [1.165, 1.54) is 27.8 Å². The van der Waals surface area contributed by atoms with Gasteiger partial charge in [-0.15, -0.1) is 0 Å². The fourth-order valence-electron chi connectivity index (χ4n) is 9.51. The number of benzene rings is 6. The summed E-state index contributed by atoms with van der Waals surface area (Å²) in [6, 6.07) is 49.4. The van der Waals surface area contributed by atoms with Gasteiger partial charge in [0.1, 0.15) is 11.6 Å². The first kappa shape index (κ1) is 44.9. The Hall–Kier alpha value is -6.26. The van der Waals surface area contributed by atoms with Gasteiger partial charge in [-0.3, -0.25) is 9.55 Å². The molecule has 0 saturated carbocycles. The van der Waals surface area contributed by atoms with Crippen molar-refractivity contribution in [1.29, 1.82) is 0 Å². The van der Waals surface area contributed by atoms with E-state index in [0.29, 0.717) is 5.82 Å². The van der Waals surface area contributed by atoms with Gasteiger partial charge in [0.2, 0.25) is 0 Å². The molecule has 2 aliphatic heterocycles. The molecule has 2 aromatic heterocycles. The van der Waals surface area contributed by atoms with Crippen LogP contribution in [0.2, 0.25) is 0 Å². The van der Waals surface area contributed by atoms with E-state index in [1.54, 1.807) is 0 Å². The average Bonchev–Trinajstić information content (AvgIpc) is 3.65. The molecule has 0 spiro atoms. The summed E-state index contributed by atoms with van der Waals surface area (Å²) in [5, 5.41) is 12.6. The van der Waals surface area contributed by atoms with Gasteiger partial charge in [0.25, 0.3) is 0 Å². The van der Waals surface area contributed by atoms with E-state index >= 15 is 0 Å². The van der Waals surface area contributed by atoms with Gasteiger partial charge in [-0.2, -0.15) is 0 Å². The Bertz CT molecular complexity index is 3100. The predicted molar refractivity (Wildman–Crippen MR) is 278 cm³/mol. The lowest BCUT2D eigenvalue weighted by Crippen LogP contribution is -2.17. The van der Waals surface area contributed by atoms with Crippen LogP contribution in [0.5, 0.6) is 5.75 Å². The van der Waals surface area contributed by atoms with Crippen LogP contribution in [0.4, 0.5) is 0 Å². The van der Waals surface area contributed by atoms with Crippen LogP contribution in [0.15, 0.2) is 133 Å². The minimum Gasteiger partial charge on any atom is -0.507 e. The third kappa shape index (κ3) is 8.75. The highest BCUT2D eigenvalue weighted by molar-refractivity contribution is 5.98. The summed E-state index contributed by atoms with van der Waals surface area (Å²) in [5.41, 5.74) is 19.1. The highest BCUT2D eigenvalue weighted by Gasteiger charge is 2.30. The van der Waals surface area contributed by atoms with Gasteiger partial charge in [-0.1, -0.05) is 174 Å². The third-order valence-electron chi connectivity index (χ3n) is 13.7. The lowest BCUT2D eigenvalue weighted by Gasteiger charge is -2.28. The van der Waals surface area contributed by atoms with Crippen LogP contribution in [0.1, 0.15) is 128 Å². The van der Waals surface area contributed by atoms with Gasteiger partial charge in [0.05, 0.1) is 28.0 Å². The number of fused-ring (bicyclic) bond motifs is 1. The Kier molecular flexibility index (Phi) is 11.3. The van der Waals surface area contributed by atoms with Crippen LogP contribution in [-0.4, -0.2) is 19.6 Å². The van der Waals surface area contributed by atoms with Crippen molar-refractivity contribution in [2.45, 2.75) is 130 Å². The van der Waals surface area contributed by atoms with Crippen LogP contribution in [-0.2, 0) is 47.3 Å². The molecule has 1 N–H and O–H groups in total. The van der Waals surface area contributed by atoms with E-state index in [1.807, 2.05) is 0 Å². The molecule has 336 valence electrons. The molecule has 0 amide bonds. The number of aromatic hydroxyl groups is 1. The maximum absolute atomic E-state index is 12.6. The number of aromatic nitrogens is 3. The monoisotopic (exact) mass is 870 g/mol. The van der Waals surface area contributed by atoms with Crippen LogP contribution >= 0.6 is 0 Å². The molecule has 4 heterocycles. The molecule has 4 bridgehead atoms. The number of hydrogen-bond donors (Lipinski definition) is 1. The standard InChI is InChI=1S/C62H67N3O/c1-59(2,3)45-29-32-53(50(36-45)41-17-14-13-15-18-41)65-54-20-16-19-49(56(54)64-58(65)51-37-47(61(7,8)9)38-52(57(51)66)62(10,11)12)43-33-44(35-46(34-43)60(4,5)6)55-42-27-25-39-21-23-40(24-22-39)26-30-48(63-55)31-28-42/h13-24,28-29,31-38,66H,25-27,30H2,1-12H3. The van der Waals surface area contributed by atoms with Gasteiger partial charge >= 0.3 is 0 Å². The van der Waals surface area contributed by atoms with Crippen LogP contribution in [0.3, 0.4) is 0 Å². The second kappa shape index (κ2) is 16.6. The first-order chi connectivity index (χ1) is 31.1. The van der Waals surface area contributed by atoms with Gasteiger partial charge in [0, 0.05) is 27.9 Å². The van der Waals surface area contributed by atoms with Crippen molar-refractivity contribution in [2.75, 3.05) is 0 Å². The second-order valence-electron chi connectivity index (χ2n) is 22.9. The molecule has 12 rings (SSSR count). The molecule has 0 saturated heterocycles. The maximum Gasteiger partial charge on any atom is 0.149 e. The van der Waals surface area contributed by atoms with Gasteiger partial charge in [-0.05, 0) is 134 Å². The maximum atomic E-state index is 12.6. The smallest absolute Gasteiger partial charge is 0.149 e. The zero-order chi connectivity index (χ0) is 46.9. The average molecular weight is 870 g/mol. The molecule has 66 heavy (non-hydrogen) atoms. The normalized spacial score (nSPS) is 13.6. The van der Waals surface area contributed by atoms with E-state index in [0.717, 1.165) is 98.3 Å². The summed E-state index contributed by atoms with van der Waals surface area (Å²) >= 11 is 0. The van der Waals surface area contributed by atoms with E-state index < -0.39 is 0 Å². The molecule has 6 aromatic carbocycles. The molecular weight excluding hydrogens is 803 g/mol. The molecule has 2 aliphatic carbocycles. The van der Waals surface area contributed by atoms with Crippen LogP contribution < -0.4 is 0 Å². The Morgan fingerprint density at radius 3 is 1.73 bits per heavy atom. The quantitative estimate of drug-likeness (QED) is 0.187. The highest BCUT2D eigenvalue weighted by atomic mass is 16.3. The second-order valence-corrected chi connectivity index (χ2v) is 22.9. The summed E-state index contributed by atoms with van der Waals surface area (Å²) in [6.45, 7) is 27.0. The minimum absolute atomic E-state index is 0.0684. The van der Waals surface area contributed by atoms with E-state index in [4.69, 9.17) is 9.97 Å². The number of hydrogen-bond acceptors (Lipinski definition) is 3. The molecule has 4 aliphatic rings. The molecule has 0 atom stereocenters. The van der Waals surface area contributed by atoms with Crippen molar-refractivity contribution in [3.05, 3.63) is 178 Å². The Labute approximate surface area is 393 Å². The first-order valence-electron chi connectivity index (χ1n) is 24.0. The minimum atomic E-state index is -0.318. The summed E-state index contributed by atoms with van der Waals surface area (Å²) < 4.78 is 2.31. The van der Waals surface area contributed by atoms with Gasteiger partial charge in [-0.25, -0.2) is 4.98 Å². The topological polar surface area (TPSA) is 50.9 Å². The molecule has 0 radical (unpaired) electrons. The van der Waals surface area contributed by atoms with Crippen molar-refractivity contribution in [3.8, 4) is 56.3 Å². The first-order valence-corrected chi connectivity index (χ1v) is 24.0. The summed E-state index contributed by atoms with van der Waals surface area (Å²) in [5.74, 6) is 0.984. The Morgan fingerprint density at radius 1 is 0.455 bits per heavy atom. The van der Waals surface area contributed by atoms with Crippen molar-refractivity contribution < 1.29 is 5.11 Å². The van der Waals surface area contributed by atoms with Crippen molar-refractivity contribution >= 4 is 11.0 Å². The van der Waals surface area contributed by atoms with Crippen molar-refractivity contribution in [1.82, 2.24) is 14.5 Å². The van der Waals surface area contributed by atoms with Gasteiger partial charge in [0.15, 0.2) is 0 Å². The number of imidazole rings is 1. The number of aryl methyl sites for hydroxylation is 4. The number of para-hydroxylation sites is 1. The molecule has 8 aromatic rings. The van der Waals surface area contributed by atoms with Crippen LogP contribution in [0, 0.1) is 0 Å². The number of phenolic OH excluding ortho intramolecular Hbond substituents is 1. The zero-order valence-corrected chi connectivity index (χ0v) is 41.3. The molecule has 0 unspecified atom stereocenters. The van der Waals surface area contributed by atoms with Crippen LogP contribution in [0.25, 0.3) is 61.6 Å². The number of rotatable bonds is 5. The molecule has 4 nitrogen and oxygen atoms in total. The van der Waals surface area contributed by atoms with Gasteiger partial charge < -0.3 is 5.11 Å². The summed E-state index contributed by atoms with van der Waals surface area (Å²) in [4.78, 5) is 11.2. The van der Waals surface area contributed by atoms with Crippen molar-refractivity contribution in [3.63, 3.8) is 0 Å². The van der Waals surface area contributed by atoms with E-state index in [-0.39, 0.29) is 27.4 Å². The Morgan fingerprint density at radius 2 is 1.08 bits per heavy atom. The van der Waals surface area contributed by atoms with Crippen molar-refractivity contribution in [2.24, 2.45) is 0 Å². The molecule has 0 fully saturated rings. The number of nitrogens with zero attached hydrogens (tertiary/aromatic N) is 3. The zero-order valence-electron chi connectivity index (χ0n) is 41.3. The lowest BCUT2D eigenvalue weighted by atomic mass is 9.79. The molecular formula is C62H67N3O. The lowest BCUT2D eigenvalue weighted by molar-refractivity contribution is 0.446. The summed E-state index contributed by atoms with van der Waals surface area (Å²) in [7, 11) is 0. The molecule has 4 heteroatoms. The Balaban J connectivity index is 1.35. The fourth-order valence-corrected chi connectivity index (χ4v) is 9.51. The SMILES string of the molecule is CC(C)(C)c1cc(-c2nc3ccc2CCc2ccc(cc2)CC3)cc(-c2cccc3c2nc(-c2cc(C(C)(C)C)cc(C(C)(C)C)c2O)n3-c2ccc(C(C)(C)C)cc2-c2ccccc2)c1. The largest absolute Gasteiger partial charge is 0.507 e. The number of phenols is 1. The summed E-state index contributed by atoms with van der Waals surface area (Å²) in [6.07, 6.45) is 3.72. The fraction of sp³-hybridized carbons (Fsp3) is 0.323. The highest BCUT2D eigenvalue weighted by Crippen LogP contribution is 2.46. The van der Waals surface area contributed by atoms with E-state index in [2.05, 4.69) is 221 Å². The third-order valence-corrected chi connectivity index (χ3v) is 13.7.